The molecule has 2 aromatic carbocycles. The van der Waals surface area contributed by atoms with Gasteiger partial charge in [0.2, 0.25) is 0 Å². The zero-order chi connectivity index (χ0) is 13.2. The molecule has 0 spiro atoms. The Morgan fingerprint density at radius 2 is 0.833 bits per heavy atom. The number of para-hydroxylation sites is 1. The smallest absolute Gasteiger partial charge is 0.119 e. The molecule has 18 heavy (non-hydrogen) atoms. The van der Waals surface area contributed by atoms with Gasteiger partial charge in [-0.3, -0.25) is 0 Å². The second-order valence-corrected chi connectivity index (χ2v) is 3.40. The molecule has 0 saturated heterocycles. The standard InChI is InChI=1S/C8H10O2.C7H8O/c1-9-7-3-5-8(10-2)6-4-7;1-8-7-5-3-2-4-6-7/h3-6H,1-2H3;2-6H,1H3. The van der Waals surface area contributed by atoms with Crippen molar-refractivity contribution in [1.82, 2.24) is 0 Å². The monoisotopic (exact) mass is 246 g/mol. The van der Waals surface area contributed by atoms with E-state index < -0.39 is 0 Å². The van der Waals surface area contributed by atoms with Gasteiger partial charge in [-0.2, -0.15) is 0 Å². The van der Waals surface area contributed by atoms with Gasteiger partial charge in [0.05, 0.1) is 21.3 Å². The summed E-state index contributed by atoms with van der Waals surface area (Å²) < 4.78 is 14.8. The Kier molecular flexibility index (Phi) is 6.19. The molecule has 0 atom stereocenters. The highest BCUT2D eigenvalue weighted by Crippen LogP contribution is 2.15. The van der Waals surface area contributed by atoms with E-state index in [9.17, 15) is 0 Å². The third-order valence-electron chi connectivity index (χ3n) is 2.27. The number of methoxy groups -OCH3 is 3. The third-order valence-corrected chi connectivity index (χ3v) is 2.27. The van der Waals surface area contributed by atoms with E-state index in [4.69, 9.17) is 14.2 Å². The third kappa shape index (κ3) is 4.78. The Hall–Kier alpha value is -2.16. The maximum Gasteiger partial charge on any atom is 0.119 e. The second kappa shape index (κ2) is 8.01. The maximum atomic E-state index is 4.96. The summed E-state index contributed by atoms with van der Waals surface area (Å²) in [6.07, 6.45) is 0. The molecule has 0 aliphatic heterocycles. The number of rotatable bonds is 3. The van der Waals surface area contributed by atoms with Crippen LogP contribution in [0.3, 0.4) is 0 Å². The molecule has 0 aliphatic rings. The highest BCUT2D eigenvalue weighted by Gasteiger charge is 1.90. The van der Waals surface area contributed by atoms with E-state index in [-0.39, 0.29) is 0 Å². The summed E-state index contributed by atoms with van der Waals surface area (Å²) in [5.41, 5.74) is 0. The topological polar surface area (TPSA) is 27.7 Å². The van der Waals surface area contributed by atoms with Gasteiger partial charge in [0, 0.05) is 0 Å². The van der Waals surface area contributed by atoms with Crippen LogP contribution < -0.4 is 14.2 Å². The Balaban J connectivity index is 0.000000184. The predicted octanol–water partition coefficient (Wildman–Crippen LogP) is 3.40. The van der Waals surface area contributed by atoms with Gasteiger partial charge in [-0.25, -0.2) is 0 Å². The highest BCUT2D eigenvalue weighted by atomic mass is 16.5. The van der Waals surface area contributed by atoms with Crippen molar-refractivity contribution in [2.24, 2.45) is 0 Å². The van der Waals surface area contributed by atoms with Crippen molar-refractivity contribution in [3.8, 4) is 17.2 Å². The number of hydrogen-bond acceptors (Lipinski definition) is 3. The lowest BCUT2D eigenvalue weighted by Gasteiger charge is -2.00. The van der Waals surface area contributed by atoms with Crippen LogP contribution in [0.15, 0.2) is 54.6 Å². The fraction of sp³-hybridized carbons (Fsp3) is 0.200. The quantitative estimate of drug-likeness (QED) is 0.830. The van der Waals surface area contributed by atoms with Gasteiger partial charge in [-0.15, -0.1) is 0 Å². The summed E-state index contributed by atoms with van der Waals surface area (Å²) in [7, 11) is 4.94. The molecule has 0 amide bonds. The summed E-state index contributed by atoms with van der Waals surface area (Å²) >= 11 is 0. The van der Waals surface area contributed by atoms with E-state index >= 15 is 0 Å². The largest absolute Gasteiger partial charge is 0.497 e. The van der Waals surface area contributed by atoms with Crippen LogP contribution in [0.2, 0.25) is 0 Å². The zero-order valence-electron chi connectivity index (χ0n) is 10.9. The average molecular weight is 246 g/mol. The van der Waals surface area contributed by atoms with Crippen LogP contribution >= 0.6 is 0 Å². The molecule has 96 valence electrons. The van der Waals surface area contributed by atoms with E-state index in [1.165, 1.54) is 0 Å². The minimum Gasteiger partial charge on any atom is -0.497 e. The van der Waals surface area contributed by atoms with Crippen LogP contribution in [-0.2, 0) is 0 Å². The molecule has 0 radical (unpaired) electrons. The number of ether oxygens (including phenoxy) is 3. The van der Waals surface area contributed by atoms with Crippen molar-refractivity contribution in [2.75, 3.05) is 21.3 Å². The van der Waals surface area contributed by atoms with Gasteiger partial charge in [0.25, 0.3) is 0 Å². The first kappa shape index (κ1) is 13.9. The molecule has 0 fully saturated rings. The molecule has 2 aromatic rings. The molecule has 0 saturated carbocycles. The molecule has 2 rings (SSSR count). The Morgan fingerprint density at radius 1 is 0.500 bits per heavy atom. The molecule has 0 heterocycles. The van der Waals surface area contributed by atoms with E-state index in [1.807, 2.05) is 54.6 Å². The van der Waals surface area contributed by atoms with Gasteiger partial charge in [-0.1, -0.05) is 18.2 Å². The summed E-state index contributed by atoms with van der Waals surface area (Å²) in [6.45, 7) is 0. The van der Waals surface area contributed by atoms with E-state index in [2.05, 4.69) is 0 Å². The average Bonchev–Trinajstić information content (AvgIpc) is 2.49. The van der Waals surface area contributed by atoms with Gasteiger partial charge >= 0.3 is 0 Å². The van der Waals surface area contributed by atoms with Gasteiger partial charge in [-0.05, 0) is 36.4 Å². The summed E-state index contributed by atoms with van der Waals surface area (Å²) in [4.78, 5) is 0. The SMILES string of the molecule is COc1ccc(OC)cc1.COc1ccccc1. The van der Waals surface area contributed by atoms with Crippen LogP contribution in [0.25, 0.3) is 0 Å². The normalized spacial score (nSPS) is 8.83. The molecule has 3 heteroatoms. The van der Waals surface area contributed by atoms with Crippen molar-refractivity contribution in [3.05, 3.63) is 54.6 Å². The van der Waals surface area contributed by atoms with Crippen molar-refractivity contribution in [3.63, 3.8) is 0 Å². The van der Waals surface area contributed by atoms with Crippen molar-refractivity contribution < 1.29 is 14.2 Å². The summed E-state index contributed by atoms with van der Waals surface area (Å²) in [5.74, 6) is 2.61. The Morgan fingerprint density at radius 3 is 1.11 bits per heavy atom. The van der Waals surface area contributed by atoms with E-state index in [0.717, 1.165) is 17.2 Å². The molecule has 0 unspecified atom stereocenters. The summed E-state index contributed by atoms with van der Waals surface area (Å²) in [5, 5.41) is 0. The Labute approximate surface area is 108 Å². The molecule has 0 bridgehead atoms. The maximum absolute atomic E-state index is 4.96. The fourth-order valence-corrected chi connectivity index (χ4v) is 1.27. The van der Waals surface area contributed by atoms with Crippen LogP contribution in [0.5, 0.6) is 17.2 Å². The van der Waals surface area contributed by atoms with Gasteiger partial charge in [0.1, 0.15) is 17.2 Å². The molecular formula is C15H18O3. The molecular weight excluding hydrogens is 228 g/mol. The first-order valence-corrected chi connectivity index (χ1v) is 5.57. The van der Waals surface area contributed by atoms with E-state index in [1.54, 1.807) is 21.3 Å². The number of hydrogen-bond donors (Lipinski definition) is 0. The van der Waals surface area contributed by atoms with E-state index in [0.29, 0.717) is 0 Å². The summed E-state index contributed by atoms with van der Waals surface area (Å²) in [6, 6.07) is 17.1. The first-order chi connectivity index (χ1) is 8.80. The van der Waals surface area contributed by atoms with Crippen molar-refractivity contribution in [2.45, 2.75) is 0 Å². The highest BCUT2D eigenvalue weighted by molar-refractivity contribution is 5.30. The van der Waals surface area contributed by atoms with Crippen molar-refractivity contribution >= 4 is 0 Å². The lowest BCUT2D eigenvalue weighted by Crippen LogP contribution is -1.83. The number of benzene rings is 2. The van der Waals surface area contributed by atoms with Gasteiger partial charge < -0.3 is 14.2 Å². The van der Waals surface area contributed by atoms with Crippen LogP contribution in [0, 0.1) is 0 Å². The Bertz CT molecular complexity index is 400. The molecule has 3 nitrogen and oxygen atoms in total. The minimum atomic E-state index is 0.848. The molecule has 0 N–H and O–H groups in total. The fourth-order valence-electron chi connectivity index (χ4n) is 1.27. The van der Waals surface area contributed by atoms with Crippen LogP contribution in [0.1, 0.15) is 0 Å². The predicted molar refractivity (Wildman–Crippen MR) is 72.5 cm³/mol. The lowest BCUT2D eigenvalue weighted by atomic mass is 10.3. The first-order valence-electron chi connectivity index (χ1n) is 5.57. The van der Waals surface area contributed by atoms with Crippen LogP contribution in [0.4, 0.5) is 0 Å². The second-order valence-electron chi connectivity index (χ2n) is 3.40. The van der Waals surface area contributed by atoms with Crippen LogP contribution in [-0.4, -0.2) is 21.3 Å². The lowest BCUT2D eigenvalue weighted by molar-refractivity contribution is 0.403. The minimum absolute atomic E-state index is 0.848. The zero-order valence-corrected chi connectivity index (χ0v) is 10.9. The molecule has 0 aromatic heterocycles. The van der Waals surface area contributed by atoms with Crippen molar-refractivity contribution in [1.29, 1.82) is 0 Å². The van der Waals surface area contributed by atoms with Gasteiger partial charge in [0.15, 0.2) is 0 Å². The molecule has 0 aliphatic carbocycles.